The first-order valence-electron chi connectivity index (χ1n) is 4.85. The lowest BCUT2D eigenvalue weighted by Gasteiger charge is -2.26. The minimum atomic E-state index is 0.425. The van der Waals surface area contributed by atoms with Crippen molar-refractivity contribution in [2.45, 2.75) is 0 Å². The molecule has 0 atom stereocenters. The molecule has 0 radical (unpaired) electrons. The standard InChI is InChI=1S/C11H10BrClO3/c12-9-2-11(8(3-14)1-10(9)13)16-6-7-4-15-5-7/h1-3,7H,4-6H2. The van der Waals surface area contributed by atoms with Gasteiger partial charge in [0, 0.05) is 10.4 Å². The molecule has 16 heavy (non-hydrogen) atoms. The second kappa shape index (κ2) is 5.17. The molecule has 3 nitrogen and oxygen atoms in total. The van der Waals surface area contributed by atoms with Crippen LogP contribution in [-0.2, 0) is 4.74 Å². The summed E-state index contributed by atoms with van der Waals surface area (Å²) < 4.78 is 11.3. The Kier molecular flexibility index (Phi) is 3.84. The van der Waals surface area contributed by atoms with Crippen LogP contribution < -0.4 is 4.74 Å². The zero-order valence-electron chi connectivity index (χ0n) is 8.41. The quantitative estimate of drug-likeness (QED) is 0.802. The molecule has 1 aromatic carbocycles. The Morgan fingerprint density at radius 1 is 1.56 bits per heavy atom. The van der Waals surface area contributed by atoms with Crippen molar-refractivity contribution in [1.82, 2.24) is 0 Å². The van der Waals surface area contributed by atoms with E-state index in [0.29, 0.717) is 28.9 Å². The van der Waals surface area contributed by atoms with E-state index in [1.54, 1.807) is 12.1 Å². The van der Waals surface area contributed by atoms with Crippen LogP contribution in [0.25, 0.3) is 0 Å². The van der Waals surface area contributed by atoms with Crippen LogP contribution in [0.3, 0.4) is 0 Å². The highest BCUT2D eigenvalue weighted by atomic mass is 79.9. The molecule has 1 aliphatic rings. The Labute approximate surface area is 107 Å². The molecular weight excluding hydrogens is 295 g/mol. The molecule has 1 saturated heterocycles. The van der Waals surface area contributed by atoms with Gasteiger partial charge in [0.2, 0.25) is 0 Å². The second-order valence-electron chi connectivity index (χ2n) is 3.64. The molecule has 1 fully saturated rings. The third-order valence-corrected chi connectivity index (χ3v) is 3.56. The average Bonchev–Trinajstić information content (AvgIpc) is 2.20. The van der Waals surface area contributed by atoms with Gasteiger partial charge in [-0.25, -0.2) is 0 Å². The van der Waals surface area contributed by atoms with E-state index in [2.05, 4.69) is 15.9 Å². The summed E-state index contributed by atoms with van der Waals surface area (Å²) in [7, 11) is 0. The van der Waals surface area contributed by atoms with Crippen LogP contribution in [-0.4, -0.2) is 26.1 Å². The first kappa shape index (κ1) is 11.9. The van der Waals surface area contributed by atoms with E-state index >= 15 is 0 Å². The van der Waals surface area contributed by atoms with Crippen LogP contribution in [0.4, 0.5) is 0 Å². The summed E-state index contributed by atoms with van der Waals surface area (Å²) in [5, 5.41) is 0.501. The SMILES string of the molecule is O=Cc1cc(Cl)c(Br)cc1OCC1COC1. The fourth-order valence-electron chi connectivity index (χ4n) is 1.35. The van der Waals surface area contributed by atoms with E-state index in [9.17, 15) is 4.79 Å². The lowest BCUT2D eigenvalue weighted by molar-refractivity contribution is -0.0509. The molecular formula is C11H10BrClO3. The summed E-state index contributed by atoms with van der Waals surface area (Å²) in [6.07, 6.45) is 0.741. The van der Waals surface area contributed by atoms with E-state index in [1.807, 2.05) is 0 Å². The summed E-state index contributed by atoms with van der Waals surface area (Å²) in [5.74, 6) is 0.979. The van der Waals surface area contributed by atoms with Gasteiger partial charge in [-0.15, -0.1) is 0 Å². The smallest absolute Gasteiger partial charge is 0.153 e. The van der Waals surface area contributed by atoms with Crippen molar-refractivity contribution in [2.75, 3.05) is 19.8 Å². The molecule has 1 aromatic rings. The Balaban J connectivity index is 2.11. The fourth-order valence-corrected chi connectivity index (χ4v) is 1.84. The molecule has 0 aliphatic carbocycles. The van der Waals surface area contributed by atoms with Gasteiger partial charge >= 0.3 is 0 Å². The van der Waals surface area contributed by atoms with Crippen LogP contribution >= 0.6 is 27.5 Å². The van der Waals surface area contributed by atoms with E-state index in [-0.39, 0.29) is 0 Å². The number of hydrogen-bond donors (Lipinski definition) is 0. The summed E-state index contributed by atoms with van der Waals surface area (Å²) in [6, 6.07) is 3.30. The van der Waals surface area contributed by atoms with Gasteiger partial charge in [-0.05, 0) is 28.1 Å². The fraction of sp³-hybridized carbons (Fsp3) is 0.364. The van der Waals surface area contributed by atoms with Gasteiger partial charge < -0.3 is 9.47 Å². The number of aldehydes is 1. The maximum atomic E-state index is 10.8. The molecule has 2 rings (SSSR count). The Morgan fingerprint density at radius 2 is 2.31 bits per heavy atom. The van der Waals surface area contributed by atoms with Crippen molar-refractivity contribution >= 4 is 33.8 Å². The highest BCUT2D eigenvalue weighted by Gasteiger charge is 2.19. The van der Waals surface area contributed by atoms with Gasteiger partial charge in [-0.1, -0.05) is 11.6 Å². The Morgan fingerprint density at radius 3 is 2.88 bits per heavy atom. The molecule has 0 spiro atoms. The van der Waals surface area contributed by atoms with Crippen LogP contribution in [0, 0.1) is 5.92 Å². The Bertz CT molecular complexity index is 404. The van der Waals surface area contributed by atoms with Crippen molar-refractivity contribution in [3.8, 4) is 5.75 Å². The topological polar surface area (TPSA) is 35.5 Å². The normalized spacial score (nSPS) is 15.6. The third-order valence-electron chi connectivity index (χ3n) is 2.36. The van der Waals surface area contributed by atoms with Gasteiger partial charge in [-0.2, -0.15) is 0 Å². The zero-order valence-corrected chi connectivity index (χ0v) is 10.8. The minimum Gasteiger partial charge on any atom is -0.492 e. The van der Waals surface area contributed by atoms with Crippen LogP contribution in [0.5, 0.6) is 5.75 Å². The van der Waals surface area contributed by atoms with E-state index in [4.69, 9.17) is 21.1 Å². The number of hydrogen-bond acceptors (Lipinski definition) is 3. The van der Waals surface area contributed by atoms with Crippen LogP contribution in [0.2, 0.25) is 5.02 Å². The van der Waals surface area contributed by atoms with Crippen LogP contribution in [0.1, 0.15) is 10.4 Å². The predicted molar refractivity (Wildman–Crippen MR) is 64.3 cm³/mol. The molecule has 0 saturated carbocycles. The number of halogens is 2. The van der Waals surface area contributed by atoms with E-state index < -0.39 is 0 Å². The lowest BCUT2D eigenvalue weighted by atomic mass is 10.1. The lowest BCUT2D eigenvalue weighted by Crippen LogP contribution is -2.32. The molecule has 86 valence electrons. The molecule has 5 heteroatoms. The van der Waals surface area contributed by atoms with Gasteiger partial charge in [0.25, 0.3) is 0 Å². The molecule has 1 heterocycles. The first-order chi connectivity index (χ1) is 7.70. The Hall–Kier alpha value is -0.580. The van der Waals surface area contributed by atoms with Crippen molar-refractivity contribution in [1.29, 1.82) is 0 Å². The highest BCUT2D eigenvalue weighted by molar-refractivity contribution is 9.10. The van der Waals surface area contributed by atoms with E-state index in [1.165, 1.54) is 0 Å². The average molecular weight is 306 g/mol. The summed E-state index contributed by atoms with van der Waals surface area (Å²) >= 11 is 9.18. The maximum absolute atomic E-state index is 10.8. The molecule has 1 aliphatic heterocycles. The largest absolute Gasteiger partial charge is 0.492 e. The number of carbonyl (C=O) groups excluding carboxylic acids is 1. The molecule has 0 amide bonds. The predicted octanol–water partition coefficient (Wildman–Crippen LogP) is 2.94. The summed E-state index contributed by atoms with van der Waals surface area (Å²) in [6.45, 7) is 2.02. The van der Waals surface area contributed by atoms with Crippen LogP contribution in [0.15, 0.2) is 16.6 Å². The molecule has 0 aromatic heterocycles. The van der Waals surface area contributed by atoms with Gasteiger partial charge in [0.1, 0.15) is 5.75 Å². The number of carbonyl (C=O) groups is 1. The van der Waals surface area contributed by atoms with Gasteiger partial charge in [0.15, 0.2) is 6.29 Å². The summed E-state index contributed by atoms with van der Waals surface area (Å²) in [5.41, 5.74) is 0.466. The van der Waals surface area contributed by atoms with Gasteiger partial charge in [0.05, 0.1) is 30.4 Å². The number of rotatable bonds is 4. The number of ether oxygens (including phenoxy) is 2. The molecule has 0 unspecified atom stereocenters. The third kappa shape index (κ3) is 2.56. The highest BCUT2D eigenvalue weighted by Crippen LogP contribution is 2.30. The molecule has 0 N–H and O–H groups in total. The van der Waals surface area contributed by atoms with Crippen molar-refractivity contribution in [3.05, 3.63) is 27.2 Å². The van der Waals surface area contributed by atoms with Crippen molar-refractivity contribution in [3.63, 3.8) is 0 Å². The second-order valence-corrected chi connectivity index (χ2v) is 4.90. The first-order valence-corrected chi connectivity index (χ1v) is 6.02. The van der Waals surface area contributed by atoms with Gasteiger partial charge in [-0.3, -0.25) is 4.79 Å². The van der Waals surface area contributed by atoms with Crippen molar-refractivity contribution < 1.29 is 14.3 Å². The monoisotopic (exact) mass is 304 g/mol. The van der Waals surface area contributed by atoms with E-state index in [0.717, 1.165) is 24.0 Å². The zero-order chi connectivity index (χ0) is 11.5. The molecule has 0 bridgehead atoms. The summed E-state index contributed by atoms with van der Waals surface area (Å²) in [4.78, 5) is 10.8. The number of benzene rings is 1. The maximum Gasteiger partial charge on any atom is 0.153 e. The minimum absolute atomic E-state index is 0.425. The van der Waals surface area contributed by atoms with Crippen molar-refractivity contribution in [2.24, 2.45) is 5.92 Å².